The first-order valence-corrected chi connectivity index (χ1v) is 8.71. The molecule has 1 spiro atoms. The molecule has 0 saturated carbocycles. The van der Waals surface area contributed by atoms with Gasteiger partial charge in [-0.3, -0.25) is 0 Å². The second-order valence-electron chi connectivity index (χ2n) is 6.41. The van der Waals surface area contributed by atoms with Gasteiger partial charge in [0.25, 0.3) is 0 Å². The number of carbonyl (C=O) groups excluding carboxylic acids is 2. The van der Waals surface area contributed by atoms with E-state index in [1.54, 1.807) is 6.92 Å². The Morgan fingerprint density at radius 2 is 2.08 bits per heavy atom. The summed E-state index contributed by atoms with van der Waals surface area (Å²) in [6.07, 6.45) is 8.61. The highest BCUT2D eigenvalue weighted by molar-refractivity contribution is 6.30. The summed E-state index contributed by atoms with van der Waals surface area (Å²) in [6.45, 7) is 1.92. The van der Waals surface area contributed by atoms with Crippen LogP contribution in [0.3, 0.4) is 0 Å². The zero-order valence-corrected chi connectivity index (χ0v) is 14.5. The smallest absolute Gasteiger partial charge is 0.347 e. The van der Waals surface area contributed by atoms with Crippen LogP contribution in [0.1, 0.15) is 24.8 Å². The Hall–Kier alpha value is -2.33. The van der Waals surface area contributed by atoms with Crippen LogP contribution in [0.25, 0.3) is 0 Å². The number of benzene rings is 1. The molecule has 1 aliphatic heterocycles. The number of halogens is 1. The number of ether oxygens (including phenoxy) is 2. The molecule has 0 aromatic heterocycles. The molecule has 5 heteroatoms. The van der Waals surface area contributed by atoms with E-state index in [9.17, 15) is 9.59 Å². The maximum absolute atomic E-state index is 12.5. The van der Waals surface area contributed by atoms with E-state index in [0.717, 1.165) is 12.0 Å². The summed E-state index contributed by atoms with van der Waals surface area (Å²) in [5, 5.41) is 0.653. The van der Waals surface area contributed by atoms with E-state index < -0.39 is 17.5 Å². The predicted octanol–water partition coefficient (Wildman–Crippen LogP) is 3.72. The third-order valence-electron chi connectivity index (χ3n) is 5.03. The van der Waals surface area contributed by atoms with Gasteiger partial charge in [-0.25, -0.2) is 9.59 Å². The van der Waals surface area contributed by atoms with Crippen molar-refractivity contribution in [2.75, 3.05) is 6.61 Å². The van der Waals surface area contributed by atoms with E-state index in [-0.39, 0.29) is 24.0 Å². The lowest BCUT2D eigenvalue weighted by atomic mass is 9.71. The minimum atomic E-state index is -0.962. The van der Waals surface area contributed by atoms with Gasteiger partial charge in [-0.1, -0.05) is 42.0 Å². The number of hydrogen-bond acceptors (Lipinski definition) is 4. The van der Waals surface area contributed by atoms with E-state index in [2.05, 4.69) is 0 Å². The molecule has 0 unspecified atom stereocenters. The Balaban J connectivity index is 1.87. The highest BCUT2D eigenvalue weighted by Crippen LogP contribution is 2.53. The molecular formula is C20H17ClO4. The van der Waals surface area contributed by atoms with Crippen LogP contribution in [0, 0.1) is 5.92 Å². The lowest BCUT2D eigenvalue weighted by Crippen LogP contribution is -2.39. The topological polar surface area (TPSA) is 52.6 Å². The molecule has 2 bridgehead atoms. The van der Waals surface area contributed by atoms with E-state index in [1.165, 1.54) is 0 Å². The third-order valence-corrected chi connectivity index (χ3v) is 5.29. The molecule has 3 aliphatic carbocycles. The van der Waals surface area contributed by atoms with Gasteiger partial charge >= 0.3 is 11.9 Å². The molecular weight excluding hydrogens is 340 g/mol. The van der Waals surface area contributed by atoms with Gasteiger partial charge in [-0.05, 0) is 43.0 Å². The van der Waals surface area contributed by atoms with E-state index in [0.29, 0.717) is 10.6 Å². The van der Waals surface area contributed by atoms with Crippen LogP contribution in [0.4, 0.5) is 0 Å². The monoisotopic (exact) mass is 356 g/mol. The van der Waals surface area contributed by atoms with Gasteiger partial charge in [0.05, 0.1) is 6.61 Å². The molecule has 0 saturated heterocycles. The summed E-state index contributed by atoms with van der Waals surface area (Å²) < 4.78 is 10.9. The van der Waals surface area contributed by atoms with Gasteiger partial charge < -0.3 is 9.47 Å². The molecule has 4 nitrogen and oxygen atoms in total. The number of carbonyl (C=O) groups is 2. The van der Waals surface area contributed by atoms with Crippen molar-refractivity contribution in [2.24, 2.45) is 5.92 Å². The Bertz CT molecular complexity index is 834. The second kappa shape index (κ2) is 5.88. The fraction of sp³-hybridized carbons (Fsp3) is 0.300. The van der Waals surface area contributed by atoms with Crippen LogP contribution in [0.2, 0.25) is 5.02 Å². The highest BCUT2D eigenvalue weighted by atomic mass is 35.5. The maximum Gasteiger partial charge on any atom is 0.347 e. The number of rotatable bonds is 3. The summed E-state index contributed by atoms with van der Waals surface area (Å²) in [6, 6.07) is 7.56. The van der Waals surface area contributed by atoms with Crippen molar-refractivity contribution in [2.45, 2.75) is 24.9 Å². The largest absolute Gasteiger partial charge is 0.462 e. The fourth-order valence-electron chi connectivity index (χ4n) is 3.91. The van der Waals surface area contributed by atoms with Crippen molar-refractivity contribution >= 4 is 23.5 Å². The van der Waals surface area contributed by atoms with Crippen LogP contribution >= 0.6 is 11.6 Å². The zero-order chi connectivity index (χ0) is 17.6. The Morgan fingerprint density at radius 1 is 1.32 bits per heavy atom. The normalized spacial score (nSPS) is 29.4. The minimum absolute atomic E-state index is 0.00395. The van der Waals surface area contributed by atoms with Crippen molar-refractivity contribution in [3.8, 4) is 0 Å². The van der Waals surface area contributed by atoms with Gasteiger partial charge in [0.15, 0.2) is 11.2 Å². The second-order valence-corrected chi connectivity index (χ2v) is 6.85. The first-order chi connectivity index (χ1) is 12.0. The Labute approximate surface area is 150 Å². The average molecular weight is 357 g/mol. The molecule has 25 heavy (non-hydrogen) atoms. The molecule has 4 aliphatic rings. The van der Waals surface area contributed by atoms with Crippen molar-refractivity contribution in [1.82, 2.24) is 0 Å². The van der Waals surface area contributed by atoms with Crippen LogP contribution in [-0.4, -0.2) is 24.1 Å². The van der Waals surface area contributed by atoms with Crippen molar-refractivity contribution in [1.29, 1.82) is 0 Å². The van der Waals surface area contributed by atoms with Gasteiger partial charge in [0.1, 0.15) is 0 Å². The number of esters is 2. The molecule has 0 amide bonds. The fourth-order valence-corrected chi connectivity index (χ4v) is 4.03. The standard InChI is InChI=1S/C20H17ClO4/c1-2-24-18(22)17-15-8-3-12-9-10-20(15,25-19(17)23)16(11-12)13-4-6-14(21)7-5-13/h3-10,12,16H,2,11H2,1H3/t12-,16+,20+/m0/s1. The van der Waals surface area contributed by atoms with Gasteiger partial charge in [-0.2, -0.15) is 0 Å². The summed E-state index contributed by atoms with van der Waals surface area (Å²) in [7, 11) is 0. The van der Waals surface area contributed by atoms with Gasteiger partial charge in [0, 0.05) is 16.5 Å². The molecule has 5 rings (SSSR count). The van der Waals surface area contributed by atoms with Crippen LogP contribution in [-0.2, 0) is 19.1 Å². The van der Waals surface area contributed by atoms with Crippen LogP contribution < -0.4 is 0 Å². The van der Waals surface area contributed by atoms with Gasteiger partial charge in [0.2, 0.25) is 0 Å². The number of hydrogen-bond donors (Lipinski definition) is 0. The quantitative estimate of drug-likeness (QED) is 0.470. The molecule has 3 atom stereocenters. The molecule has 1 heterocycles. The molecule has 0 fully saturated rings. The Morgan fingerprint density at radius 3 is 2.80 bits per heavy atom. The van der Waals surface area contributed by atoms with Crippen LogP contribution in [0.15, 0.2) is 59.7 Å². The SMILES string of the molecule is CCOC(=O)C1=C2C=C[C@H]3C=C[C@]2(OC1=O)[C@@H](c1ccc(Cl)cc1)C3. The van der Waals surface area contributed by atoms with Crippen LogP contribution in [0.5, 0.6) is 0 Å². The minimum Gasteiger partial charge on any atom is -0.462 e. The molecule has 128 valence electrons. The summed E-state index contributed by atoms with van der Waals surface area (Å²) in [5.41, 5.74) is 0.658. The van der Waals surface area contributed by atoms with E-state index in [1.807, 2.05) is 48.6 Å². The lowest BCUT2D eigenvalue weighted by Gasteiger charge is -2.38. The summed E-state index contributed by atoms with van der Waals surface area (Å²) in [5.74, 6) is -1.10. The number of fused-ring (bicyclic) bond motifs is 1. The lowest BCUT2D eigenvalue weighted by molar-refractivity contribution is -0.149. The number of allylic oxidation sites excluding steroid dienone is 2. The zero-order valence-electron chi connectivity index (χ0n) is 13.7. The van der Waals surface area contributed by atoms with Crippen molar-refractivity contribution in [3.63, 3.8) is 0 Å². The first-order valence-electron chi connectivity index (χ1n) is 8.33. The first kappa shape index (κ1) is 16.2. The molecule has 0 radical (unpaired) electrons. The summed E-state index contributed by atoms with van der Waals surface area (Å²) in [4.78, 5) is 24.8. The molecule has 1 aromatic rings. The highest BCUT2D eigenvalue weighted by Gasteiger charge is 2.55. The predicted molar refractivity (Wildman–Crippen MR) is 93.1 cm³/mol. The Kier molecular flexibility index (Phi) is 3.80. The molecule has 1 aromatic carbocycles. The summed E-state index contributed by atoms with van der Waals surface area (Å²) >= 11 is 6.01. The van der Waals surface area contributed by atoms with Gasteiger partial charge in [-0.15, -0.1) is 0 Å². The maximum atomic E-state index is 12.5. The third kappa shape index (κ3) is 2.44. The average Bonchev–Trinajstić information content (AvgIpc) is 2.71. The van der Waals surface area contributed by atoms with Crippen molar-refractivity contribution < 1.29 is 19.1 Å². The van der Waals surface area contributed by atoms with E-state index in [4.69, 9.17) is 21.1 Å². The molecule has 0 N–H and O–H groups in total. The van der Waals surface area contributed by atoms with Crippen molar-refractivity contribution in [3.05, 3.63) is 70.3 Å². The van der Waals surface area contributed by atoms with E-state index >= 15 is 0 Å².